The summed E-state index contributed by atoms with van der Waals surface area (Å²) in [6.45, 7) is 8.85. The molecule has 1 aromatic carbocycles. The Morgan fingerprint density at radius 2 is 1.93 bits per heavy atom. The highest BCUT2D eigenvalue weighted by atomic mass is 16.3. The van der Waals surface area contributed by atoms with Gasteiger partial charge < -0.3 is 10.4 Å². The zero-order chi connectivity index (χ0) is 11.4. The Balaban J connectivity index is 2.72. The molecule has 0 fully saturated rings. The first-order chi connectivity index (χ1) is 7.00. The number of aliphatic hydroxyl groups excluding tert-OH is 1. The SMILES string of the molecule is Cc1ccc(C)c(C(O)CNC(C)C)c1. The Hall–Kier alpha value is -0.860. The topological polar surface area (TPSA) is 32.3 Å². The van der Waals surface area contributed by atoms with Crippen molar-refractivity contribution in [3.05, 3.63) is 34.9 Å². The van der Waals surface area contributed by atoms with Gasteiger partial charge in [0, 0.05) is 12.6 Å². The second-order valence-corrected chi connectivity index (χ2v) is 4.44. The second-order valence-electron chi connectivity index (χ2n) is 4.44. The lowest BCUT2D eigenvalue weighted by molar-refractivity contribution is 0.171. The number of hydrogen-bond acceptors (Lipinski definition) is 2. The summed E-state index contributed by atoms with van der Waals surface area (Å²) in [6, 6.07) is 6.59. The van der Waals surface area contributed by atoms with Crippen molar-refractivity contribution in [3.8, 4) is 0 Å². The van der Waals surface area contributed by atoms with Crippen LogP contribution >= 0.6 is 0 Å². The molecule has 1 unspecified atom stereocenters. The standard InChI is InChI=1S/C13H21NO/c1-9(2)14-8-13(15)12-7-10(3)5-6-11(12)4/h5-7,9,13-15H,8H2,1-4H3. The second kappa shape index (κ2) is 5.29. The Labute approximate surface area is 92.3 Å². The Kier molecular flexibility index (Phi) is 4.30. The van der Waals surface area contributed by atoms with Crippen LogP contribution < -0.4 is 5.32 Å². The number of rotatable bonds is 4. The van der Waals surface area contributed by atoms with E-state index in [1.807, 2.05) is 13.8 Å². The maximum absolute atomic E-state index is 10.0. The first-order valence-corrected chi connectivity index (χ1v) is 5.49. The molecule has 0 saturated heterocycles. The third-order valence-corrected chi connectivity index (χ3v) is 2.51. The van der Waals surface area contributed by atoms with Crippen LogP contribution in [-0.4, -0.2) is 17.7 Å². The molecular weight excluding hydrogens is 186 g/mol. The lowest BCUT2D eigenvalue weighted by atomic mass is 10.0. The minimum Gasteiger partial charge on any atom is -0.387 e. The van der Waals surface area contributed by atoms with Gasteiger partial charge in [-0.25, -0.2) is 0 Å². The van der Waals surface area contributed by atoms with Crippen LogP contribution in [0.1, 0.15) is 36.6 Å². The van der Waals surface area contributed by atoms with Gasteiger partial charge in [-0.05, 0) is 25.0 Å². The fourth-order valence-corrected chi connectivity index (χ4v) is 1.58. The van der Waals surface area contributed by atoms with Gasteiger partial charge in [-0.1, -0.05) is 37.6 Å². The van der Waals surface area contributed by atoms with Gasteiger partial charge in [0.1, 0.15) is 0 Å². The van der Waals surface area contributed by atoms with Crippen LogP contribution in [-0.2, 0) is 0 Å². The van der Waals surface area contributed by atoms with E-state index >= 15 is 0 Å². The molecule has 1 rings (SSSR count). The molecular formula is C13H21NO. The molecule has 0 radical (unpaired) electrons. The van der Waals surface area contributed by atoms with E-state index in [2.05, 4.69) is 37.4 Å². The Morgan fingerprint density at radius 1 is 1.27 bits per heavy atom. The predicted molar refractivity (Wildman–Crippen MR) is 64.0 cm³/mol. The van der Waals surface area contributed by atoms with E-state index in [1.54, 1.807) is 0 Å². The van der Waals surface area contributed by atoms with Crippen molar-refractivity contribution in [1.82, 2.24) is 5.32 Å². The summed E-state index contributed by atoms with van der Waals surface area (Å²) in [5, 5.41) is 13.3. The lowest BCUT2D eigenvalue weighted by Crippen LogP contribution is -2.28. The van der Waals surface area contributed by atoms with Crippen LogP contribution in [0.2, 0.25) is 0 Å². The highest BCUT2D eigenvalue weighted by Crippen LogP contribution is 2.18. The van der Waals surface area contributed by atoms with Crippen molar-refractivity contribution in [1.29, 1.82) is 0 Å². The lowest BCUT2D eigenvalue weighted by Gasteiger charge is -2.16. The molecule has 0 aliphatic carbocycles. The van der Waals surface area contributed by atoms with E-state index in [-0.39, 0.29) is 0 Å². The van der Waals surface area contributed by atoms with Crippen molar-refractivity contribution >= 4 is 0 Å². The van der Waals surface area contributed by atoms with E-state index < -0.39 is 6.10 Å². The van der Waals surface area contributed by atoms with Crippen molar-refractivity contribution in [2.75, 3.05) is 6.54 Å². The third-order valence-electron chi connectivity index (χ3n) is 2.51. The largest absolute Gasteiger partial charge is 0.387 e. The van der Waals surface area contributed by atoms with E-state index in [0.29, 0.717) is 12.6 Å². The average Bonchev–Trinajstić information content (AvgIpc) is 2.18. The molecule has 2 nitrogen and oxygen atoms in total. The van der Waals surface area contributed by atoms with E-state index in [0.717, 1.165) is 11.1 Å². The Bertz CT molecular complexity index is 320. The molecule has 0 heterocycles. The number of benzene rings is 1. The van der Waals surface area contributed by atoms with Crippen LogP contribution in [0.15, 0.2) is 18.2 Å². The smallest absolute Gasteiger partial charge is 0.0917 e. The number of aryl methyl sites for hydroxylation is 2. The minimum atomic E-state index is -0.410. The maximum atomic E-state index is 10.0. The number of nitrogens with one attached hydrogen (secondary N) is 1. The van der Waals surface area contributed by atoms with Gasteiger partial charge in [-0.15, -0.1) is 0 Å². The van der Waals surface area contributed by atoms with Crippen LogP contribution in [0, 0.1) is 13.8 Å². The van der Waals surface area contributed by atoms with Crippen molar-refractivity contribution in [2.45, 2.75) is 39.8 Å². The van der Waals surface area contributed by atoms with Crippen molar-refractivity contribution < 1.29 is 5.11 Å². The molecule has 0 spiro atoms. The number of hydrogen-bond donors (Lipinski definition) is 2. The van der Waals surface area contributed by atoms with Crippen LogP contribution in [0.25, 0.3) is 0 Å². The quantitative estimate of drug-likeness (QED) is 0.794. The van der Waals surface area contributed by atoms with Crippen LogP contribution in [0.5, 0.6) is 0 Å². The fourth-order valence-electron chi connectivity index (χ4n) is 1.58. The monoisotopic (exact) mass is 207 g/mol. The zero-order valence-corrected chi connectivity index (χ0v) is 10.0. The molecule has 2 heteroatoms. The van der Waals surface area contributed by atoms with Crippen molar-refractivity contribution in [3.63, 3.8) is 0 Å². The maximum Gasteiger partial charge on any atom is 0.0917 e. The predicted octanol–water partition coefficient (Wildman–Crippen LogP) is 2.33. The first kappa shape index (κ1) is 12.2. The molecule has 84 valence electrons. The summed E-state index contributed by atoms with van der Waals surface area (Å²) < 4.78 is 0. The number of aliphatic hydroxyl groups is 1. The summed E-state index contributed by atoms with van der Waals surface area (Å²) in [6.07, 6.45) is -0.410. The van der Waals surface area contributed by atoms with Gasteiger partial charge in [0.2, 0.25) is 0 Å². The summed E-state index contributed by atoms with van der Waals surface area (Å²) in [5.74, 6) is 0. The molecule has 2 N–H and O–H groups in total. The van der Waals surface area contributed by atoms with Gasteiger partial charge in [0.15, 0.2) is 0 Å². The summed E-state index contributed by atoms with van der Waals surface area (Å²) in [7, 11) is 0. The molecule has 0 amide bonds. The third kappa shape index (κ3) is 3.65. The zero-order valence-electron chi connectivity index (χ0n) is 10.0. The fraction of sp³-hybridized carbons (Fsp3) is 0.538. The molecule has 1 aromatic rings. The van der Waals surface area contributed by atoms with E-state index in [4.69, 9.17) is 0 Å². The van der Waals surface area contributed by atoms with Gasteiger partial charge >= 0.3 is 0 Å². The minimum absolute atomic E-state index is 0.407. The summed E-state index contributed by atoms with van der Waals surface area (Å²) in [4.78, 5) is 0. The highest BCUT2D eigenvalue weighted by molar-refractivity contribution is 5.32. The molecule has 0 aliphatic heterocycles. The van der Waals surface area contributed by atoms with Gasteiger partial charge in [0.25, 0.3) is 0 Å². The molecule has 0 aromatic heterocycles. The molecule has 15 heavy (non-hydrogen) atoms. The molecule has 1 atom stereocenters. The normalized spacial score (nSPS) is 13.2. The summed E-state index contributed by atoms with van der Waals surface area (Å²) >= 11 is 0. The van der Waals surface area contributed by atoms with Crippen molar-refractivity contribution in [2.24, 2.45) is 0 Å². The molecule has 0 saturated carbocycles. The van der Waals surface area contributed by atoms with Gasteiger partial charge in [0.05, 0.1) is 6.10 Å². The first-order valence-electron chi connectivity index (χ1n) is 5.49. The summed E-state index contributed by atoms with van der Waals surface area (Å²) in [5.41, 5.74) is 3.38. The van der Waals surface area contributed by atoms with E-state index in [1.165, 1.54) is 5.56 Å². The Morgan fingerprint density at radius 3 is 2.53 bits per heavy atom. The van der Waals surface area contributed by atoms with E-state index in [9.17, 15) is 5.11 Å². The highest BCUT2D eigenvalue weighted by Gasteiger charge is 2.10. The van der Waals surface area contributed by atoms with Crippen LogP contribution in [0.3, 0.4) is 0 Å². The molecule has 0 aliphatic rings. The van der Waals surface area contributed by atoms with Gasteiger partial charge in [-0.3, -0.25) is 0 Å². The molecule has 0 bridgehead atoms. The van der Waals surface area contributed by atoms with Gasteiger partial charge in [-0.2, -0.15) is 0 Å². The van der Waals surface area contributed by atoms with Crippen LogP contribution in [0.4, 0.5) is 0 Å². The average molecular weight is 207 g/mol.